The lowest BCUT2D eigenvalue weighted by Crippen LogP contribution is -2.33. The summed E-state index contributed by atoms with van der Waals surface area (Å²) in [5, 5.41) is 7.15. The molecule has 1 saturated carbocycles. The van der Waals surface area contributed by atoms with E-state index in [0.717, 1.165) is 12.1 Å². The molecule has 1 N–H and O–H groups in total. The van der Waals surface area contributed by atoms with Gasteiger partial charge in [-0.2, -0.15) is 5.10 Å². The highest BCUT2D eigenvalue weighted by Crippen LogP contribution is 2.32. The molecule has 1 atom stereocenters. The second kappa shape index (κ2) is 6.66. The lowest BCUT2D eigenvalue weighted by Gasteiger charge is -2.16. The van der Waals surface area contributed by atoms with Crippen LogP contribution in [0.25, 0.3) is 5.82 Å². The average Bonchev–Trinajstić information content (AvgIpc) is 3.13. The van der Waals surface area contributed by atoms with Crippen molar-refractivity contribution in [2.24, 2.45) is 11.8 Å². The molecule has 2 fully saturated rings. The minimum absolute atomic E-state index is 0.0677. The normalized spacial score (nSPS) is 20.1. The largest absolute Gasteiger partial charge is 0.352 e. The second-order valence-corrected chi connectivity index (χ2v) is 6.80. The Morgan fingerprint density at radius 3 is 2.92 bits per heavy atom. The van der Waals surface area contributed by atoms with E-state index in [1.807, 2.05) is 29.3 Å². The van der Waals surface area contributed by atoms with E-state index in [1.54, 1.807) is 17.1 Å². The van der Waals surface area contributed by atoms with Gasteiger partial charge in [-0.1, -0.05) is 6.07 Å². The number of likely N-dealkylation sites (tertiary alicyclic amines) is 1. The van der Waals surface area contributed by atoms with Crippen molar-refractivity contribution in [3.8, 4) is 5.82 Å². The van der Waals surface area contributed by atoms with Crippen LogP contribution in [0, 0.1) is 11.8 Å². The third-order valence-corrected chi connectivity index (χ3v) is 4.80. The van der Waals surface area contributed by atoms with Gasteiger partial charge in [0.25, 0.3) is 0 Å². The number of amides is 2. The molecule has 2 aromatic heterocycles. The van der Waals surface area contributed by atoms with E-state index in [0.29, 0.717) is 31.2 Å². The Bertz CT molecular complexity index is 770. The number of pyridine rings is 1. The molecular formula is C18H21N5O2. The number of carbonyl (C=O) groups excluding carboxylic acids is 2. The van der Waals surface area contributed by atoms with Crippen molar-refractivity contribution in [3.63, 3.8) is 0 Å². The molecule has 0 bridgehead atoms. The molecule has 7 heteroatoms. The zero-order valence-corrected chi connectivity index (χ0v) is 14.0. The summed E-state index contributed by atoms with van der Waals surface area (Å²) in [6, 6.07) is 5.59. The first-order valence-electron chi connectivity index (χ1n) is 8.70. The molecular weight excluding hydrogens is 318 g/mol. The van der Waals surface area contributed by atoms with Crippen LogP contribution in [-0.4, -0.2) is 44.6 Å². The van der Waals surface area contributed by atoms with E-state index in [9.17, 15) is 9.59 Å². The number of rotatable bonds is 6. The molecule has 0 aromatic carbocycles. The van der Waals surface area contributed by atoms with Crippen molar-refractivity contribution < 1.29 is 9.59 Å². The van der Waals surface area contributed by atoms with Crippen molar-refractivity contribution in [2.45, 2.75) is 25.8 Å². The molecule has 2 aliphatic rings. The third-order valence-electron chi connectivity index (χ3n) is 4.80. The topological polar surface area (TPSA) is 80.1 Å². The zero-order chi connectivity index (χ0) is 17.2. The Morgan fingerprint density at radius 2 is 2.16 bits per heavy atom. The maximum atomic E-state index is 12.5. The number of aromatic nitrogens is 3. The molecule has 1 aliphatic carbocycles. The van der Waals surface area contributed by atoms with Crippen LogP contribution in [0.2, 0.25) is 0 Å². The minimum atomic E-state index is -0.254. The van der Waals surface area contributed by atoms with Gasteiger partial charge < -0.3 is 10.2 Å². The van der Waals surface area contributed by atoms with Gasteiger partial charge in [0.1, 0.15) is 0 Å². The summed E-state index contributed by atoms with van der Waals surface area (Å²) in [5.74, 6) is 1.13. The molecule has 2 amide bonds. The van der Waals surface area contributed by atoms with Crippen molar-refractivity contribution in [1.82, 2.24) is 25.0 Å². The first-order chi connectivity index (χ1) is 12.2. The second-order valence-electron chi connectivity index (χ2n) is 6.80. The Morgan fingerprint density at radius 1 is 1.28 bits per heavy atom. The summed E-state index contributed by atoms with van der Waals surface area (Å²) >= 11 is 0. The van der Waals surface area contributed by atoms with E-state index in [4.69, 9.17) is 0 Å². The lowest BCUT2D eigenvalue weighted by molar-refractivity contribution is -0.129. The van der Waals surface area contributed by atoms with Crippen LogP contribution in [0.15, 0.2) is 36.8 Å². The number of hydrogen-bond acceptors (Lipinski definition) is 4. The van der Waals surface area contributed by atoms with Crippen molar-refractivity contribution in [3.05, 3.63) is 42.4 Å². The minimum Gasteiger partial charge on any atom is -0.352 e. The molecule has 25 heavy (non-hydrogen) atoms. The van der Waals surface area contributed by atoms with Crippen LogP contribution in [0.1, 0.15) is 24.8 Å². The van der Waals surface area contributed by atoms with E-state index in [2.05, 4.69) is 15.4 Å². The summed E-state index contributed by atoms with van der Waals surface area (Å²) in [5.41, 5.74) is 0.888. The third kappa shape index (κ3) is 3.55. The Labute approximate surface area is 146 Å². The molecule has 130 valence electrons. The Hall–Kier alpha value is -2.70. The van der Waals surface area contributed by atoms with Crippen LogP contribution >= 0.6 is 0 Å². The van der Waals surface area contributed by atoms with Gasteiger partial charge in [0.15, 0.2) is 5.82 Å². The van der Waals surface area contributed by atoms with Crippen molar-refractivity contribution >= 4 is 11.8 Å². The van der Waals surface area contributed by atoms with E-state index < -0.39 is 0 Å². The first kappa shape index (κ1) is 15.8. The number of carbonyl (C=O) groups is 2. The van der Waals surface area contributed by atoms with Crippen molar-refractivity contribution in [2.75, 3.05) is 13.1 Å². The van der Waals surface area contributed by atoms with Gasteiger partial charge in [0, 0.05) is 50.2 Å². The highest BCUT2D eigenvalue weighted by Gasteiger charge is 2.37. The smallest absolute Gasteiger partial charge is 0.225 e. The summed E-state index contributed by atoms with van der Waals surface area (Å²) in [4.78, 5) is 30.7. The number of nitrogens with zero attached hydrogens (tertiary/aromatic N) is 4. The number of hydrogen-bond donors (Lipinski definition) is 1. The quantitative estimate of drug-likeness (QED) is 0.856. The van der Waals surface area contributed by atoms with Gasteiger partial charge in [-0.3, -0.25) is 9.59 Å². The molecule has 4 rings (SSSR count). The highest BCUT2D eigenvalue weighted by molar-refractivity contribution is 5.89. The predicted octanol–water partition coefficient (Wildman–Crippen LogP) is 1.14. The van der Waals surface area contributed by atoms with Crippen LogP contribution in [-0.2, 0) is 16.1 Å². The maximum absolute atomic E-state index is 12.5. The van der Waals surface area contributed by atoms with Crippen LogP contribution in [0.3, 0.4) is 0 Å². The monoisotopic (exact) mass is 339 g/mol. The average molecular weight is 339 g/mol. The van der Waals surface area contributed by atoms with Crippen LogP contribution in [0.5, 0.6) is 0 Å². The molecule has 3 heterocycles. The molecule has 7 nitrogen and oxygen atoms in total. The maximum Gasteiger partial charge on any atom is 0.225 e. The predicted molar refractivity (Wildman–Crippen MR) is 90.6 cm³/mol. The first-order valence-corrected chi connectivity index (χ1v) is 8.70. The van der Waals surface area contributed by atoms with E-state index in [-0.39, 0.29) is 17.7 Å². The summed E-state index contributed by atoms with van der Waals surface area (Å²) < 4.78 is 1.68. The van der Waals surface area contributed by atoms with Gasteiger partial charge in [-0.25, -0.2) is 9.67 Å². The van der Waals surface area contributed by atoms with E-state index >= 15 is 0 Å². The van der Waals surface area contributed by atoms with E-state index in [1.165, 1.54) is 12.8 Å². The Kier molecular flexibility index (Phi) is 4.21. The summed E-state index contributed by atoms with van der Waals surface area (Å²) in [6.45, 7) is 1.73. The number of nitrogens with one attached hydrogen (secondary N) is 1. The standard InChI is InChI=1S/C18H21N5O2/c24-16-9-15(12-22(16)11-13-4-5-13)18(25)20-10-14-3-1-6-19-17(14)23-8-2-7-21-23/h1-3,6-8,13,15H,4-5,9-12H2,(H,20,25)/t15-/m1/s1. The van der Waals surface area contributed by atoms with Crippen LogP contribution in [0.4, 0.5) is 0 Å². The molecule has 0 spiro atoms. The SMILES string of the molecule is O=C(NCc1cccnc1-n1cccn1)[C@@H]1CC(=O)N(CC2CC2)C1. The fourth-order valence-corrected chi connectivity index (χ4v) is 3.23. The van der Waals surface area contributed by atoms with Gasteiger partial charge in [-0.15, -0.1) is 0 Å². The molecule has 1 saturated heterocycles. The summed E-state index contributed by atoms with van der Waals surface area (Å²) in [6.07, 6.45) is 7.94. The zero-order valence-electron chi connectivity index (χ0n) is 14.0. The highest BCUT2D eigenvalue weighted by atomic mass is 16.2. The van der Waals surface area contributed by atoms with Gasteiger partial charge in [0.05, 0.1) is 5.92 Å². The molecule has 1 aliphatic heterocycles. The lowest BCUT2D eigenvalue weighted by atomic mass is 10.1. The fraction of sp³-hybridized carbons (Fsp3) is 0.444. The van der Waals surface area contributed by atoms with Gasteiger partial charge in [-0.05, 0) is 30.9 Å². The molecule has 0 radical (unpaired) electrons. The van der Waals surface area contributed by atoms with Crippen molar-refractivity contribution in [1.29, 1.82) is 0 Å². The Balaban J connectivity index is 1.37. The van der Waals surface area contributed by atoms with Crippen LogP contribution < -0.4 is 5.32 Å². The van der Waals surface area contributed by atoms with Gasteiger partial charge >= 0.3 is 0 Å². The van der Waals surface area contributed by atoms with Gasteiger partial charge in [0.2, 0.25) is 11.8 Å². The fourth-order valence-electron chi connectivity index (χ4n) is 3.23. The molecule has 2 aromatic rings. The molecule has 0 unspecified atom stereocenters. The summed E-state index contributed by atoms with van der Waals surface area (Å²) in [7, 11) is 0.